The third-order valence-electron chi connectivity index (χ3n) is 0.347. The summed E-state index contributed by atoms with van der Waals surface area (Å²) in [5.41, 5.74) is 0. The van der Waals surface area contributed by atoms with E-state index >= 15 is 0 Å². The predicted molar refractivity (Wildman–Crippen MR) is 38.9 cm³/mol. The Labute approximate surface area is 145 Å². The van der Waals surface area contributed by atoms with Crippen molar-refractivity contribution in [3.8, 4) is 0 Å². The maximum atomic E-state index is 10.4. The fourth-order valence-corrected chi connectivity index (χ4v) is 0. The Hall–Kier alpha value is -0.0756. The first-order valence-electron chi connectivity index (χ1n) is 3.06. The molecule has 0 aliphatic rings. The molecular weight excluding hydrogens is 459 g/mol. The summed E-state index contributed by atoms with van der Waals surface area (Å²) >= 11 is 0. The van der Waals surface area contributed by atoms with Crippen LogP contribution < -0.4 is 0 Å². The Morgan fingerprint density at radius 1 is 0.500 bits per heavy atom. The zero-order chi connectivity index (χ0) is 15.6. The molecular formula is C6H2EuF9O4. The number of hydrogen-bond donors (Lipinski definition) is 0. The van der Waals surface area contributed by atoms with Gasteiger partial charge in [-0.2, -0.15) is 18.9 Å². The molecule has 0 rings (SSSR count). The largest absolute Gasteiger partial charge is 3.00 e. The van der Waals surface area contributed by atoms with Gasteiger partial charge in [-0.3, -0.25) is 0 Å². The van der Waals surface area contributed by atoms with Crippen LogP contribution in [0.3, 0.4) is 0 Å². The van der Waals surface area contributed by atoms with Crippen molar-refractivity contribution in [1.82, 2.24) is 0 Å². The average molecular weight is 461 g/mol. The van der Waals surface area contributed by atoms with Crippen LogP contribution in [0, 0.1) is 49.4 Å². The first-order valence-corrected chi connectivity index (χ1v) is 3.06. The smallest absolute Gasteiger partial charge is 0.533 e. The molecule has 0 heterocycles. The summed E-state index contributed by atoms with van der Waals surface area (Å²) in [6, 6.07) is 0. The summed E-state index contributed by atoms with van der Waals surface area (Å²) < 4.78 is 93.3. The van der Waals surface area contributed by atoms with Gasteiger partial charge in [0.05, 0.1) is 0 Å². The molecule has 0 radical (unpaired) electrons. The van der Waals surface area contributed by atoms with Crippen LogP contribution in [0.2, 0.25) is 0 Å². The second-order valence-electron chi connectivity index (χ2n) is 1.80. The minimum absolute atomic E-state index is 0. The van der Waals surface area contributed by atoms with E-state index in [-0.39, 0.29) is 73.7 Å². The van der Waals surface area contributed by atoms with Gasteiger partial charge in [0.15, 0.2) is 0 Å². The van der Waals surface area contributed by atoms with Crippen LogP contribution >= 0.6 is 0 Å². The van der Waals surface area contributed by atoms with Crippen molar-refractivity contribution in [2.24, 2.45) is 0 Å². The van der Waals surface area contributed by atoms with Crippen molar-refractivity contribution in [1.29, 1.82) is 0 Å². The molecule has 2 N–H and O–H groups in total. The number of hydrogen-bond acceptors (Lipinski definition) is 3. The molecule has 0 aromatic heterocycles. The predicted octanol–water partition coefficient (Wildman–Crippen LogP) is 1.15. The molecule has 120 valence electrons. The van der Waals surface area contributed by atoms with Gasteiger partial charge < -0.3 is 19.9 Å². The van der Waals surface area contributed by atoms with Crippen LogP contribution in [0.5, 0.6) is 0 Å². The van der Waals surface area contributed by atoms with Crippen molar-refractivity contribution in [3.63, 3.8) is 0 Å². The summed E-state index contributed by atoms with van der Waals surface area (Å²) in [7, 11) is 0. The second kappa shape index (κ2) is 13.9. The topological polar surface area (TPSA) is 82.7 Å². The first-order chi connectivity index (χ1) is 7.68. The van der Waals surface area contributed by atoms with E-state index in [2.05, 4.69) is 0 Å². The minimum atomic E-state index is -4.76. The van der Waals surface area contributed by atoms with Crippen molar-refractivity contribution in [2.45, 2.75) is 18.5 Å². The van der Waals surface area contributed by atoms with Gasteiger partial charge >= 0.3 is 49.4 Å². The van der Waals surface area contributed by atoms with E-state index in [1.807, 2.05) is 0 Å². The molecule has 14 heteroatoms. The number of halogens is 9. The summed E-state index contributed by atoms with van der Waals surface area (Å²) in [4.78, 5) is 25.7. The summed E-state index contributed by atoms with van der Waals surface area (Å²) in [5.74, 6) is 0. The summed E-state index contributed by atoms with van der Waals surface area (Å²) in [6.07, 6.45) is -14.7. The summed E-state index contributed by atoms with van der Waals surface area (Å²) in [5, 5.41) is 0. The van der Waals surface area contributed by atoms with Crippen molar-refractivity contribution in [3.05, 3.63) is 0 Å². The number of carbonyl (C=O) groups excluding carboxylic acids is 3. The molecule has 0 aliphatic heterocycles. The normalized spacial score (nSPS) is 10.1. The van der Waals surface area contributed by atoms with E-state index < -0.39 is 18.5 Å². The first kappa shape index (κ1) is 32.0. The van der Waals surface area contributed by atoms with Crippen LogP contribution in [0.4, 0.5) is 39.5 Å². The van der Waals surface area contributed by atoms with Crippen LogP contribution in [0.25, 0.3) is 0 Å². The fraction of sp³-hybridized carbons (Fsp3) is 0.500. The maximum Gasteiger partial charge on any atom is 3.00 e. The zero-order valence-electron chi connectivity index (χ0n) is 8.50. The van der Waals surface area contributed by atoms with Gasteiger partial charge in [0, 0.05) is 0 Å². The Kier molecular flexibility index (Phi) is 22.2. The van der Waals surface area contributed by atoms with Gasteiger partial charge in [-0.15, -0.1) is 0 Å². The van der Waals surface area contributed by atoms with E-state index in [4.69, 9.17) is 14.4 Å². The Morgan fingerprint density at radius 2 is 0.550 bits per heavy atom. The number of rotatable bonds is 0. The van der Waals surface area contributed by atoms with Crippen LogP contribution in [-0.4, -0.2) is 42.9 Å². The van der Waals surface area contributed by atoms with Crippen LogP contribution in [0.1, 0.15) is 0 Å². The van der Waals surface area contributed by atoms with Gasteiger partial charge in [0.2, 0.25) is 0 Å². The monoisotopic (exact) mass is 462 g/mol. The molecule has 0 amide bonds. The Bertz CT molecular complexity index is 214. The molecule has 0 saturated carbocycles. The molecule has 0 unspecified atom stereocenters. The number of alkyl halides is 9. The van der Waals surface area contributed by atoms with Gasteiger partial charge in [-0.1, -0.05) is 0 Å². The van der Waals surface area contributed by atoms with E-state index in [9.17, 15) is 39.5 Å². The Morgan fingerprint density at radius 3 is 0.550 bits per heavy atom. The van der Waals surface area contributed by atoms with E-state index in [1.54, 1.807) is 0 Å². The standard InChI is InChI=1S/3C2F3O.Eu.H2O/c3*3-2(4,5)1-6;;/h;;;;1H2/q3*-1;+3;. The van der Waals surface area contributed by atoms with Gasteiger partial charge in [-0.05, 0) is 0 Å². The zero-order valence-corrected chi connectivity index (χ0v) is 10.9. The van der Waals surface area contributed by atoms with E-state index in [0.29, 0.717) is 0 Å². The van der Waals surface area contributed by atoms with Crippen LogP contribution in [0.15, 0.2) is 0 Å². The molecule has 0 saturated heterocycles. The molecule has 0 aromatic carbocycles. The molecule has 0 bridgehead atoms. The molecule has 0 spiro atoms. The second-order valence-corrected chi connectivity index (χ2v) is 1.80. The van der Waals surface area contributed by atoms with E-state index in [0.717, 1.165) is 0 Å². The van der Waals surface area contributed by atoms with Crippen LogP contribution in [-0.2, 0) is 14.4 Å². The van der Waals surface area contributed by atoms with Crippen molar-refractivity contribution < 1.29 is 109 Å². The third kappa shape index (κ3) is 64.5. The van der Waals surface area contributed by atoms with Crippen molar-refractivity contribution >= 4 is 18.9 Å². The summed E-state index contributed by atoms with van der Waals surface area (Å²) in [6.45, 7) is 0. The molecule has 0 fully saturated rings. The van der Waals surface area contributed by atoms with Gasteiger partial charge in [0.25, 0.3) is 18.5 Å². The average Bonchev–Trinajstić information content (AvgIpc) is 2.16. The molecule has 0 atom stereocenters. The molecule has 0 aromatic rings. The Balaban J connectivity index is -0.0000000536. The molecule has 4 nitrogen and oxygen atoms in total. The fourth-order valence-electron chi connectivity index (χ4n) is 0. The molecule has 20 heavy (non-hydrogen) atoms. The quantitative estimate of drug-likeness (QED) is 0.401. The van der Waals surface area contributed by atoms with Crippen molar-refractivity contribution in [2.75, 3.05) is 0 Å². The third-order valence-corrected chi connectivity index (χ3v) is 0.347. The van der Waals surface area contributed by atoms with Gasteiger partial charge in [-0.25, -0.2) is 39.5 Å². The minimum Gasteiger partial charge on any atom is -0.533 e. The van der Waals surface area contributed by atoms with E-state index in [1.165, 1.54) is 0 Å². The SMILES string of the molecule is O.O=[C-]C(F)(F)F.O=[C-]C(F)(F)F.O=[C-]C(F)(F)F.[Eu+3]. The maximum absolute atomic E-state index is 10.4. The molecule has 0 aliphatic carbocycles. The van der Waals surface area contributed by atoms with Gasteiger partial charge in [0.1, 0.15) is 0 Å².